The minimum absolute atomic E-state index is 0. The first-order chi connectivity index (χ1) is 11.4. The van der Waals surface area contributed by atoms with Gasteiger partial charge in [0.1, 0.15) is 0 Å². The van der Waals surface area contributed by atoms with Gasteiger partial charge in [-0.15, -0.1) is 24.2 Å². The number of carbonyl (C=O) groups excluding carboxylic acids is 2. The molecule has 1 atom stereocenters. The van der Waals surface area contributed by atoms with E-state index in [0.717, 1.165) is 37.2 Å². The second kappa shape index (κ2) is 9.59. The first-order valence-electron chi connectivity index (χ1n) is 7.59. The summed E-state index contributed by atoms with van der Waals surface area (Å²) in [5, 5.41) is 14.2. The lowest BCUT2D eigenvalue weighted by atomic mass is 10.2. The van der Waals surface area contributed by atoms with E-state index in [-0.39, 0.29) is 41.4 Å². The van der Waals surface area contributed by atoms with Crippen LogP contribution in [-0.4, -0.2) is 53.6 Å². The molecule has 0 spiro atoms. The van der Waals surface area contributed by atoms with Crippen LogP contribution in [0.2, 0.25) is 0 Å². The number of carbonyl (C=O) groups is 2. The topological polar surface area (TPSA) is 119 Å². The van der Waals surface area contributed by atoms with Crippen molar-refractivity contribution in [1.82, 2.24) is 10.2 Å². The maximum atomic E-state index is 12.4. The molecule has 2 amide bonds. The number of halogens is 1. The quantitative estimate of drug-likeness (QED) is 0.414. The molecule has 25 heavy (non-hydrogen) atoms. The highest BCUT2D eigenvalue weighted by Crippen LogP contribution is 2.31. The Bertz CT molecular complexity index is 658. The number of nitro benzene ring substituents is 1. The van der Waals surface area contributed by atoms with Crippen molar-refractivity contribution in [1.29, 1.82) is 0 Å². The molecule has 2 rings (SSSR count). The van der Waals surface area contributed by atoms with Gasteiger partial charge in [-0.3, -0.25) is 19.7 Å². The van der Waals surface area contributed by atoms with Crippen LogP contribution in [0.25, 0.3) is 0 Å². The standard InChI is InChI=1S/C15H20N4O4S.ClH/c1-17-8-11-3-2-6-18(11)14(20)9-24-13-5-4-10(15(16)21)7-12(13)19(22)23;/h4-5,7,11,17H,2-3,6,8-9H2,1H3,(H2,16,21);1H. The lowest BCUT2D eigenvalue weighted by Gasteiger charge is -2.24. The molecule has 0 radical (unpaired) electrons. The van der Waals surface area contributed by atoms with Crippen molar-refractivity contribution in [2.75, 3.05) is 25.9 Å². The lowest BCUT2D eigenvalue weighted by molar-refractivity contribution is -0.387. The fraction of sp³-hybridized carbons (Fsp3) is 0.467. The number of primary amides is 1. The Morgan fingerprint density at radius 2 is 2.20 bits per heavy atom. The Hall–Kier alpha value is -1.84. The largest absolute Gasteiger partial charge is 0.366 e. The van der Waals surface area contributed by atoms with Gasteiger partial charge >= 0.3 is 0 Å². The second-order valence-corrected chi connectivity index (χ2v) is 6.55. The first kappa shape index (κ1) is 21.2. The number of nitrogens with zero attached hydrogens (tertiary/aromatic N) is 2. The molecule has 1 aliphatic heterocycles. The van der Waals surface area contributed by atoms with Gasteiger partial charge in [0, 0.05) is 30.8 Å². The molecule has 0 bridgehead atoms. The number of nitrogens with two attached hydrogens (primary N) is 1. The molecule has 1 heterocycles. The third-order valence-corrected chi connectivity index (χ3v) is 4.98. The van der Waals surface area contributed by atoms with Crippen LogP contribution in [0, 0.1) is 10.1 Å². The van der Waals surface area contributed by atoms with Crippen LogP contribution in [0.4, 0.5) is 5.69 Å². The monoisotopic (exact) mass is 388 g/mol. The maximum absolute atomic E-state index is 12.4. The van der Waals surface area contributed by atoms with Crippen molar-refractivity contribution >= 4 is 41.7 Å². The highest BCUT2D eigenvalue weighted by molar-refractivity contribution is 8.00. The summed E-state index contributed by atoms with van der Waals surface area (Å²) in [5.41, 5.74) is 5.01. The summed E-state index contributed by atoms with van der Waals surface area (Å²) in [4.78, 5) is 36.3. The van der Waals surface area contributed by atoms with Crippen LogP contribution in [-0.2, 0) is 4.79 Å². The van der Waals surface area contributed by atoms with E-state index >= 15 is 0 Å². The fourth-order valence-corrected chi connectivity index (χ4v) is 3.66. The second-order valence-electron chi connectivity index (χ2n) is 5.53. The third-order valence-electron chi connectivity index (χ3n) is 3.93. The summed E-state index contributed by atoms with van der Waals surface area (Å²) < 4.78 is 0. The van der Waals surface area contributed by atoms with Crippen LogP contribution in [0.3, 0.4) is 0 Å². The number of nitro groups is 1. The van der Waals surface area contributed by atoms with Crippen molar-refractivity contribution in [2.45, 2.75) is 23.8 Å². The van der Waals surface area contributed by atoms with Crippen molar-refractivity contribution in [3.8, 4) is 0 Å². The molecule has 0 saturated carbocycles. The Balaban J connectivity index is 0.00000312. The predicted molar refractivity (Wildman–Crippen MR) is 98.2 cm³/mol. The van der Waals surface area contributed by atoms with Gasteiger partial charge in [0.2, 0.25) is 11.8 Å². The molecule has 0 aliphatic carbocycles. The highest BCUT2D eigenvalue weighted by atomic mass is 35.5. The highest BCUT2D eigenvalue weighted by Gasteiger charge is 2.28. The maximum Gasteiger partial charge on any atom is 0.283 e. The van der Waals surface area contributed by atoms with Crippen LogP contribution in [0.5, 0.6) is 0 Å². The summed E-state index contributed by atoms with van der Waals surface area (Å²) in [6.45, 7) is 1.46. The third kappa shape index (κ3) is 5.32. The van der Waals surface area contributed by atoms with E-state index in [1.54, 1.807) is 0 Å². The smallest absolute Gasteiger partial charge is 0.283 e. The van der Waals surface area contributed by atoms with Gasteiger partial charge in [-0.2, -0.15) is 0 Å². The zero-order valence-electron chi connectivity index (χ0n) is 13.8. The number of benzene rings is 1. The van der Waals surface area contributed by atoms with E-state index in [0.29, 0.717) is 11.4 Å². The number of rotatable bonds is 7. The van der Waals surface area contributed by atoms with E-state index in [9.17, 15) is 19.7 Å². The number of nitrogens with one attached hydrogen (secondary N) is 1. The molecule has 1 fully saturated rings. The molecule has 1 saturated heterocycles. The Morgan fingerprint density at radius 1 is 1.48 bits per heavy atom. The van der Waals surface area contributed by atoms with Crippen molar-refractivity contribution in [2.24, 2.45) is 5.73 Å². The average Bonchev–Trinajstić information content (AvgIpc) is 3.01. The van der Waals surface area contributed by atoms with Gasteiger partial charge in [-0.25, -0.2) is 0 Å². The molecule has 10 heteroatoms. The minimum atomic E-state index is -0.724. The van der Waals surface area contributed by atoms with E-state index in [4.69, 9.17) is 5.73 Å². The Morgan fingerprint density at radius 3 is 2.80 bits per heavy atom. The molecule has 0 aromatic heterocycles. The molecular formula is C15H21ClN4O4S. The zero-order chi connectivity index (χ0) is 17.7. The van der Waals surface area contributed by atoms with Crippen molar-refractivity contribution < 1.29 is 14.5 Å². The number of amides is 2. The van der Waals surface area contributed by atoms with Gasteiger partial charge < -0.3 is 16.0 Å². The summed E-state index contributed by atoms with van der Waals surface area (Å²) in [6, 6.07) is 4.22. The van der Waals surface area contributed by atoms with Crippen molar-refractivity contribution in [3.05, 3.63) is 33.9 Å². The van der Waals surface area contributed by atoms with E-state index in [1.165, 1.54) is 12.1 Å². The van der Waals surface area contributed by atoms with Gasteiger partial charge in [0.05, 0.1) is 15.6 Å². The van der Waals surface area contributed by atoms with E-state index in [2.05, 4.69) is 5.32 Å². The van der Waals surface area contributed by atoms with E-state index in [1.807, 2.05) is 11.9 Å². The average molecular weight is 389 g/mol. The number of hydrogen-bond donors (Lipinski definition) is 2. The number of likely N-dealkylation sites (N-methyl/N-ethyl adjacent to an activating group) is 1. The Kier molecular flexibility index (Phi) is 8.14. The molecule has 3 N–H and O–H groups in total. The molecular weight excluding hydrogens is 368 g/mol. The van der Waals surface area contributed by atoms with Gasteiger partial charge in [0.15, 0.2) is 0 Å². The van der Waals surface area contributed by atoms with Crippen LogP contribution in [0.15, 0.2) is 23.1 Å². The predicted octanol–water partition coefficient (Wildman–Crippen LogP) is 1.42. The van der Waals surface area contributed by atoms with Crippen LogP contribution < -0.4 is 11.1 Å². The molecule has 1 aromatic carbocycles. The minimum Gasteiger partial charge on any atom is -0.366 e. The summed E-state index contributed by atoms with van der Waals surface area (Å²) in [5.74, 6) is -0.638. The van der Waals surface area contributed by atoms with E-state index < -0.39 is 10.8 Å². The zero-order valence-corrected chi connectivity index (χ0v) is 15.4. The number of thioether (sulfide) groups is 1. The number of hydrogen-bond acceptors (Lipinski definition) is 6. The lowest BCUT2D eigenvalue weighted by Crippen LogP contribution is -2.41. The van der Waals surface area contributed by atoms with Gasteiger partial charge in [-0.05, 0) is 32.0 Å². The van der Waals surface area contributed by atoms with Gasteiger partial charge in [-0.1, -0.05) is 0 Å². The molecule has 1 aliphatic rings. The summed E-state index contributed by atoms with van der Waals surface area (Å²) in [6.07, 6.45) is 1.93. The fourth-order valence-electron chi connectivity index (χ4n) is 2.77. The molecule has 1 aromatic rings. The molecule has 1 unspecified atom stereocenters. The Labute approximate surface area is 156 Å². The van der Waals surface area contributed by atoms with Crippen molar-refractivity contribution in [3.63, 3.8) is 0 Å². The normalized spacial score (nSPS) is 16.4. The first-order valence-corrected chi connectivity index (χ1v) is 8.57. The number of likely N-dealkylation sites (tertiary alicyclic amines) is 1. The van der Waals surface area contributed by atoms with Gasteiger partial charge in [0.25, 0.3) is 5.69 Å². The van der Waals surface area contributed by atoms with Crippen LogP contribution >= 0.6 is 24.2 Å². The summed E-state index contributed by atoms with van der Waals surface area (Å²) >= 11 is 1.11. The SMILES string of the molecule is CNCC1CCCN1C(=O)CSc1ccc(C(N)=O)cc1[N+](=O)[O-].Cl. The summed E-state index contributed by atoms with van der Waals surface area (Å²) in [7, 11) is 1.85. The molecule has 8 nitrogen and oxygen atoms in total. The van der Waals surface area contributed by atoms with Crippen LogP contribution in [0.1, 0.15) is 23.2 Å². The molecule has 138 valence electrons.